The Morgan fingerprint density at radius 3 is 1.27 bits per heavy atom. The number of nitrogens with zero attached hydrogens (tertiary/aromatic N) is 2. The molecule has 1 heterocycles. The molecule has 0 saturated heterocycles. The lowest BCUT2D eigenvalue weighted by Gasteiger charge is -2.37. The molecule has 3 rings (SSSR count). The summed E-state index contributed by atoms with van der Waals surface area (Å²) in [5.74, 6) is 0. The van der Waals surface area contributed by atoms with Crippen molar-refractivity contribution in [2.45, 2.75) is 251 Å². The number of aryl methyl sites for hydroxylation is 1. The van der Waals surface area contributed by atoms with Gasteiger partial charge in [-0.2, -0.15) is 0 Å². The van der Waals surface area contributed by atoms with Crippen LogP contribution in [0.3, 0.4) is 0 Å². The van der Waals surface area contributed by atoms with Gasteiger partial charge in [0.2, 0.25) is 6.33 Å². The number of benzene rings is 2. The van der Waals surface area contributed by atoms with Gasteiger partial charge in [0.15, 0.2) is 0 Å². The molecule has 0 aliphatic heterocycles. The van der Waals surface area contributed by atoms with E-state index in [9.17, 15) is 0 Å². The lowest BCUT2D eigenvalue weighted by atomic mass is 9.70. The predicted octanol–water partition coefficient (Wildman–Crippen LogP) is 17.0. The summed E-state index contributed by atoms with van der Waals surface area (Å²) < 4.78 is 5.09. The Bertz CT molecular complexity index is 1260. The fourth-order valence-corrected chi connectivity index (χ4v) is 9.33. The normalized spacial score (nSPS) is 13.3. The third-order valence-electron chi connectivity index (χ3n) is 13.0. The van der Waals surface area contributed by atoms with Crippen LogP contribution in [-0.2, 0) is 18.4 Å². The summed E-state index contributed by atoms with van der Waals surface area (Å²) in [4.78, 5) is 0. The Labute approximate surface area is 349 Å². The van der Waals surface area contributed by atoms with E-state index in [0.29, 0.717) is 6.04 Å². The largest absolute Gasteiger partial charge is 0.244 e. The van der Waals surface area contributed by atoms with Crippen LogP contribution in [0.2, 0.25) is 0 Å². The van der Waals surface area contributed by atoms with Crippen LogP contribution in [0, 0.1) is 0 Å². The van der Waals surface area contributed by atoms with Gasteiger partial charge in [0, 0.05) is 5.41 Å². The Balaban J connectivity index is 1.42. The van der Waals surface area contributed by atoms with Crippen LogP contribution in [0.25, 0.3) is 0 Å². The summed E-state index contributed by atoms with van der Waals surface area (Å²) >= 11 is 0. The molecule has 2 aromatic carbocycles. The molecule has 0 aliphatic carbocycles. The SMILES string of the molecule is CCCCCCCCCCCCCCCCCC[n+]1ccn(C(CCCCCCCCCCCCCCCCC)C(C)(Cc2ccccc2)c2ccccc2)c1. The second-order valence-electron chi connectivity index (χ2n) is 18.1. The van der Waals surface area contributed by atoms with E-state index in [1.165, 1.54) is 217 Å². The maximum Gasteiger partial charge on any atom is 0.244 e. The minimum Gasteiger partial charge on any atom is -0.237 e. The Kier molecular flexibility index (Phi) is 27.9. The van der Waals surface area contributed by atoms with Crippen molar-refractivity contribution >= 4 is 0 Å². The topological polar surface area (TPSA) is 8.81 Å². The summed E-state index contributed by atoms with van der Waals surface area (Å²) in [6, 6.07) is 23.1. The van der Waals surface area contributed by atoms with Gasteiger partial charge in [-0.15, -0.1) is 0 Å². The predicted molar refractivity (Wildman–Crippen MR) is 247 cm³/mol. The molecule has 0 spiro atoms. The molecule has 0 radical (unpaired) electrons. The van der Waals surface area contributed by atoms with Crippen LogP contribution in [0.1, 0.15) is 243 Å². The second-order valence-corrected chi connectivity index (χ2v) is 18.1. The number of hydrogen-bond acceptors (Lipinski definition) is 0. The van der Waals surface area contributed by atoms with E-state index in [-0.39, 0.29) is 5.41 Å². The molecule has 2 nitrogen and oxygen atoms in total. The standard InChI is InChI=1S/C54H91N2/c1-4-6-8-10-12-14-16-18-20-22-24-26-28-30-32-40-46-55-47-48-56(50-55)53(45-39-31-29-27-25-23-21-19-17-15-13-11-9-7-5-2)54(3,52-43-37-34-38-44-52)49-51-41-35-33-36-42-51/h33-38,41-44,47-48,50,53H,4-32,39-40,45-46,49H2,1-3H3/q+1. The summed E-state index contributed by atoms with van der Waals surface area (Å²) in [7, 11) is 0. The lowest BCUT2D eigenvalue weighted by Crippen LogP contribution is -2.38. The van der Waals surface area contributed by atoms with Gasteiger partial charge in [-0.25, -0.2) is 9.13 Å². The quantitative estimate of drug-likeness (QED) is 0.0406. The molecular weight excluding hydrogens is 677 g/mol. The van der Waals surface area contributed by atoms with Gasteiger partial charge in [-0.05, 0) is 43.2 Å². The molecule has 0 amide bonds. The minimum atomic E-state index is 0.00368. The van der Waals surface area contributed by atoms with E-state index in [1.54, 1.807) is 0 Å². The van der Waals surface area contributed by atoms with E-state index in [1.807, 2.05) is 0 Å². The zero-order valence-corrected chi connectivity index (χ0v) is 37.5. The van der Waals surface area contributed by atoms with Crippen molar-refractivity contribution in [1.82, 2.24) is 4.57 Å². The lowest BCUT2D eigenvalue weighted by molar-refractivity contribution is -0.697. The summed E-state index contributed by atoms with van der Waals surface area (Å²) in [6.45, 7) is 8.30. The van der Waals surface area contributed by atoms with E-state index in [4.69, 9.17) is 0 Å². The highest BCUT2D eigenvalue weighted by Crippen LogP contribution is 2.41. The maximum atomic E-state index is 2.60. The molecule has 0 aliphatic rings. The number of rotatable bonds is 38. The first kappa shape index (κ1) is 48.0. The average Bonchev–Trinajstić information content (AvgIpc) is 3.69. The van der Waals surface area contributed by atoms with Gasteiger partial charge in [-0.3, -0.25) is 0 Å². The Morgan fingerprint density at radius 1 is 0.464 bits per heavy atom. The number of hydrogen-bond donors (Lipinski definition) is 0. The first-order valence-corrected chi connectivity index (χ1v) is 24.8. The van der Waals surface area contributed by atoms with Crippen LogP contribution >= 0.6 is 0 Å². The van der Waals surface area contributed by atoms with E-state index in [2.05, 4.69) is 109 Å². The smallest absolute Gasteiger partial charge is 0.237 e. The minimum absolute atomic E-state index is 0.00368. The van der Waals surface area contributed by atoms with Crippen LogP contribution in [0.15, 0.2) is 79.4 Å². The monoisotopic (exact) mass is 768 g/mol. The van der Waals surface area contributed by atoms with Gasteiger partial charge in [-0.1, -0.05) is 261 Å². The Morgan fingerprint density at radius 2 is 0.839 bits per heavy atom. The zero-order valence-electron chi connectivity index (χ0n) is 37.5. The van der Waals surface area contributed by atoms with Crippen molar-refractivity contribution in [3.05, 3.63) is 90.5 Å². The molecule has 0 saturated carbocycles. The van der Waals surface area contributed by atoms with Gasteiger partial charge in [0.1, 0.15) is 18.4 Å². The van der Waals surface area contributed by atoms with Crippen LogP contribution in [0.5, 0.6) is 0 Å². The Hall–Kier alpha value is -2.35. The number of aromatic nitrogens is 2. The van der Waals surface area contributed by atoms with Crippen molar-refractivity contribution in [3.8, 4) is 0 Å². The first-order chi connectivity index (χ1) is 27.7. The van der Waals surface area contributed by atoms with Crippen molar-refractivity contribution in [3.63, 3.8) is 0 Å². The van der Waals surface area contributed by atoms with E-state index >= 15 is 0 Å². The average molecular weight is 768 g/mol. The molecule has 2 unspecified atom stereocenters. The molecule has 3 aromatic rings. The van der Waals surface area contributed by atoms with Gasteiger partial charge in [0.25, 0.3) is 0 Å². The van der Waals surface area contributed by atoms with Gasteiger partial charge >= 0.3 is 0 Å². The summed E-state index contributed by atoms with van der Waals surface area (Å²) in [5.41, 5.74) is 2.91. The first-order valence-electron chi connectivity index (χ1n) is 24.8. The second kappa shape index (κ2) is 32.6. The molecule has 0 fully saturated rings. The van der Waals surface area contributed by atoms with Gasteiger partial charge < -0.3 is 0 Å². The summed E-state index contributed by atoms with van der Waals surface area (Å²) in [6.07, 6.45) is 53.5. The molecule has 2 heteroatoms. The molecule has 56 heavy (non-hydrogen) atoms. The fraction of sp³-hybridized carbons (Fsp3) is 0.722. The van der Waals surface area contributed by atoms with E-state index in [0.717, 1.165) is 13.0 Å². The fourth-order valence-electron chi connectivity index (χ4n) is 9.33. The van der Waals surface area contributed by atoms with Gasteiger partial charge in [0.05, 0.1) is 6.54 Å². The maximum absolute atomic E-state index is 2.60. The molecule has 2 atom stereocenters. The highest BCUT2D eigenvalue weighted by Gasteiger charge is 2.40. The van der Waals surface area contributed by atoms with Crippen LogP contribution in [0.4, 0.5) is 0 Å². The summed E-state index contributed by atoms with van der Waals surface area (Å²) in [5, 5.41) is 0. The molecule has 1 aromatic heterocycles. The number of unbranched alkanes of at least 4 members (excludes halogenated alkanes) is 29. The van der Waals surface area contributed by atoms with Crippen LogP contribution < -0.4 is 4.57 Å². The highest BCUT2D eigenvalue weighted by molar-refractivity contribution is 5.31. The number of imidazole rings is 1. The third-order valence-corrected chi connectivity index (χ3v) is 13.0. The molecular formula is C54H91N2+. The molecule has 0 N–H and O–H groups in total. The van der Waals surface area contributed by atoms with Crippen molar-refractivity contribution in [2.75, 3.05) is 0 Å². The van der Waals surface area contributed by atoms with Crippen molar-refractivity contribution in [2.24, 2.45) is 0 Å². The van der Waals surface area contributed by atoms with E-state index < -0.39 is 0 Å². The van der Waals surface area contributed by atoms with Crippen LogP contribution in [-0.4, -0.2) is 4.57 Å². The van der Waals surface area contributed by atoms with Crippen molar-refractivity contribution < 1.29 is 4.57 Å². The van der Waals surface area contributed by atoms with Crippen molar-refractivity contribution in [1.29, 1.82) is 0 Å². The zero-order chi connectivity index (χ0) is 39.6. The highest BCUT2D eigenvalue weighted by atomic mass is 15.1. The molecule has 316 valence electrons. The molecule has 0 bridgehead atoms. The third kappa shape index (κ3) is 21.4.